The van der Waals surface area contributed by atoms with E-state index >= 15 is 0 Å². The molecule has 3 N–H and O–H groups in total. The highest BCUT2D eigenvalue weighted by Crippen LogP contribution is 2.19. The fourth-order valence-corrected chi connectivity index (χ4v) is 4.36. The molecule has 1 aromatic carbocycles. The molecule has 50 heavy (non-hydrogen) atoms. The first-order valence-corrected chi connectivity index (χ1v) is 18.0. The Balaban J connectivity index is 1.13. The molecule has 0 aliphatic carbocycles. The molecular formula is C35H64N2O13. The first-order chi connectivity index (χ1) is 24.9. The third-order valence-electron chi connectivity index (χ3n) is 6.99. The number of anilines is 1. The first-order valence-electron chi connectivity index (χ1n) is 18.0. The Morgan fingerprint density at radius 1 is 0.420 bits per heavy atom. The molecule has 1 fully saturated rings. The van der Waals surface area contributed by atoms with Gasteiger partial charge in [-0.1, -0.05) is 12.1 Å². The molecule has 0 atom stereocenters. The Morgan fingerprint density at radius 2 is 0.720 bits per heavy atom. The fourth-order valence-electron chi connectivity index (χ4n) is 4.36. The van der Waals surface area contributed by atoms with Gasteiger partial charge in [0.05, 0.1) is 164 Å². The second kappa shape index (κ2) is 35.7. The summed E-state index contributed by atoms with van der Waals surface area (Å²) in [5.41, 5.74) is 6.44. The summed E-state index contributed by atoms with van der Waals surface area (Å²) in [6, 6.07) is 7.38. The number of nitrogens with one attached hydrogen (secondary N) is 1. The minimum atomic E-state index is 0.369. The minimum absolute atomic E-state index is 0.369. The lowest BCUT2D eigenvalue weighted by Gasteiger charge is -2.22. The quantitative estimate of drug-likeness (QED) is 0.0749. The highest BCUT2D eigenvalue weighted by Gasteiger charge is 2.12. The summed E-state index contributed by atoms with van der Waals surface area (Å²) in [6.45, 7) is 14.5. The van der Waals surface area contributed by atoms with Gasteiger partial charge in [0.2, 0.25) is 0 Å². The average molecular weight is 721 g/mol. The molecule has 1 aliphatic rings. The van der Waals surface area contributed by atoms with Crippen LogP contribution in [0.25, 0.3) is 0 Å². The molecule has 0 amide bonds. The van der Waals surface area contributed by atoms with Crippen molar-refractivity contribution in [2.24, 2.45) is 0 Å². The van der Waals surface area contributed by atoms with Crippen molar-refractivity contribution in [1.82, 2.24) is 5.32 Å². The molecule has 0 spiro atoms. The monoisotopic (exact) mass is 720 g/mol. The zero-order valence-corrected chi connectivity index (χ0v) is 30.1. The van der Waals surface area contributed by atoms with E-state index < -0.39 is 0 Å². The minimum Gasteiger partial charge on any atom is -0.489 e. The van der Waals surface area contributed by atoms with Gasteiger partial charge in [0.15, 0.2) is 0 Å². The van der Waals surface area contributed by atoms with Gasteiger partial charge in [-0.2, -0.15) is 0 Å². The molecule has 0 radical (unpaired) electrons. The van der Waals surface area contributed by atoms with Gasteiger partial charge < -0.3 is 72.6 Å². The summed E-state index contributed by atoms with van der Waals surface area (Å²) < 4.78 is 71.8. The van der Waals surface area contributed by atoms with E-state index in [-0.39, 0.29) is 0 Å². The normalized spacial score (nSPS) is 13.7. The standard InChI is InChI=1S/C35H64N2O13/c36-34-3-1-2-4-35(34)50-32-30-48-28-26-46-24-22-44-20-18-42-16-14-40-12-10-38-9-11-39-13-15-41-17-19-43-21-23-45-25-27-47-29-31-49-33-5-7-37-8-6-33/h1-4,33,37H,5-32,36H2. The summed E-state index contributed by atoms with van der Waals surface area (Å²) in [5.74, 6) is 0.668. The van der Waals surface area contributed by atoms with E-state index in [9.17, 15) is 0 Å². The van der Waals surface area contributed by atoms with Crippen LogP contribution in [0.4, 0.5) is 5.69 Å². The van der Waals surface area contributed by atoms with Gasteiger partial charge in [-0.15, -0.1) is 0 Å². The van der Waals surface area contributed by atoms with Crippen LogP contribution in [0.5, 0.6) is 5.75 Å². The number of ether oxygens (including phenoxy) is 13. The van der Waals surface area contributed by atoms with Crippen LogP contribution in [0.3, 0.4) is 0 Å². The molecule has 1 heterocycles. The van der Waals surface area contributed by atoms with E-state index in [0.29, 0.717) is 176 Å². The molecule has 15 heteroatoms. The number of rotatable bonds is 38. The van der Waals surface area contributed by atoms with Crippen molar-refractivity contribution in [3.8, 4) is 5.75 Å². The summed E-state index contributed by atoms with van der Waals surface area (Å²) in [7, 11) is 0. The van der Waals surface area contributed by atoms with E-state index in [0.717, 1.165) is 25.9 Å². The molecule has 1 aromatic rings. The second-order valence-corrected chi connectivity index (χ2v) is 10.9. The van der Waals surface area contributed by atoms with Crippen molar-refractivity contribution >= 4 is 5.69 Å². The van der Waals surface area contributed by atoms with Gasteiger partial charge >= 0.3 is 0 Å². The van der Waals surface area contributed by atoms with Gasteiger partial charge in [-0.05, 0) is 38.1 Å². The number of piperidine rings is 1. The molecule has 0 aromatic heterocycles. The third kappa shape index (κ3) is 28.9. The fraction of sp³-hybridized carbons (Fsp3) is 0.829. The molecule has 0 saturated carbocycles. The van der Waals surface area contributed by atoms with Gasteiger partial charge in [0.25, 0.3) is 0 Å². The smallest absolute Gasteiger partial charge is 0.142 e. The maximum atomic E-state index is 5.82. The Hall–Kier alpha value is -1.70. The SMILES string of the molecule is Nc1ccccc1OCCOCCOCCOCCOCCOCCOCCOCCOCCOCCOCCOCCOC1CCNCC1. The van der Waals surface area contributed by atoms with E-state index in [4.69, 9.17) is 67.3 Å². The summed E-state index contributed by atoms with van der Waals surface area (Å²) >= 11 is 0. The molecular weight excluding hydrogens is 656 g/mol. The summed E-state index contributed by atoms with van der Waals surface area (Å²) in [4.78, 5) is 0. The second-order valence-electron chi connectivity index (χ2n) is 10.9. The predicted molar refractivity (Wildman–Crippen MR) is 187 cm³/mol. The highest BCUT2D eigenvalue weighted by molar-refractivity contribution is 5.51. The number of nitrogens with two attached hydrogens (primary N) is 1. The van der Waals surface area contributed by atoms with Crippen LogP contribution in [-0.2, 0) is 56.8 Å². The summed E-state index contributed by atoms with van der Waals surface area (Å²) in [6.07, 6.45) is 2.53. The first kappa shape index (κ1) is 44.5. The Bertz CT molecular complexity index is 840. The van der Waals surface area contributed by atoms with Crippen molar-refractivity contribution < 1.29 is 61.6 Å². The van der Waals surface area contributed by atoms with Crippen LogP contribution in [0.1, 0.15) is 12.8 Å². The van der Waals surface area contributed by atoms with Crippen molar-refractivity contribution in [1.29, 1.82) is 0 Å². The highest BCUT2D eigenvalue weighted by atomic mass is 16.6. The van der Waals surface area contributed by atoms with Gasteiger partial charge in [-0.25, -0.2) is 0 Å². The lowest BCUT2D eigenvalue weighted by molar-refractivity contribution is -0.0326. The van der Waals surface area contributed by atoms with Gasteiger partial charge in [0.1, 0.15) is 12.4 Å². The molecule has 15 nitrogen and oxygen atoms in total. The number of benzene rings is 1. The largest absolute Gasteiger partial charge is 0.489 e. The van der Waals surface area contributed by atoms with E-state index in [1.165, 1.54) is 0 Å². The summed E-state index contributed by atoms with van der Waals surface area (Å²) in [5, 5.41) is 3.33. The Morgan fingerprint density at radius 3 is 1.06 bits per heavy atom. The lowest BCUT2D eigenvalue weighted by atomic mass is 10.1. The molecule has 0 unspecified atom stereocenters. The van der Waals surface area contributed by atoms with E-state index in [1.54, 1.807) is 6.07 Å². The molecule has 1 aliphatic heterocycles. The van der Waals surface area contributed by atoms with Crippen LogP contribution in [0.15, 0.2) is 24.3 Å². The zero-order chi connectivity index (χ0) is 35.3. The molecule has 2 rings (SSSR count). The van der Waals surface area contributed by atoms with Crippen LogP contribution in [0, 0.1) is 0 Å². The molecule has 0 bridgehead atoms. The molecule has 292 valence electrons. The van der Waals surface area contributed by atoms with Crippen LogP contribution >= 0.6 is 0 Å². The van der Waals surface area contributed by atoms with Crippen molar-refractivity contribution in [2.75, 3.05) is 177 Å². The topological polar surface area (TPSA) is 158 Å². The number of nitrogen functional groups attached to an aromatic ring is 1. The maximum absolute atomic E-state index is 5.82. The van der Waals surface area contributed by atoms with Gasteiger partial charge in [-0.3, -0.25) is 0 Å². The van der Waals surface area contributed by atoms with Crippen LogP contribution in [0.2, 0.25) is 0 Å². The van der Waals surface area contributed by atoms with E-state index in [2.05, 4.69) is 5.32 Å². The molecule has 1 saturated heterocycles. The van der Waals surface area contributed by atoms with Crippen LogP contribution < -0.4 is 15.8 Å². The number of hydrogen-bond acceptors (Lipinski definition) is 15. The lowest BCUT2D eigenvalue weighted by Crippen LogP contribution is -2.33. The Kier molecular flexibility index (Phi) is 31.7. The zero-order valence-electron chi connectivity index (χ0n) is 30.1. The number of hydrogen-bond donors (Lipinski definition) is 2. The maximum Gasteiger partial charge on any atom is 0.142 e. The van der Waals surface area contributed by atoms with Crippen molar-refractivity contribution in [2.45, 2.75) is 18.9 Å². The Labute approximate surface area is 298 Å². The predicted octanol–water partition coefficient (Wildman–Crippen LogP) is 1.60. The van der Waals surface area contributed by atoms with Gasteiger partial charge in [0, 0.05) is 0 Å². The third-order valence-corrected chi connectivity index (χ3v) is 6.99. The van der Waals surface area contributed by atoms with Crippen molar-refractivity contribution in [3.63, 3.8) is 0 Å². The van der Waals surface area contributed by atoms with Crippen LogP contribution in [-0.4, -0.2) is 178 Å². The average Bonchev–Trinajstić information content (AvgIpc) is 3.14. The number of para-hydroxylation sites is 2. The van der Waals surface area contributed by atoms with Crippen molar-refractivity contribution in [3.05, 3.63) is 24.3 Å². The van der Waals surface area contributed by atoms with E-state index in [1.807, 2.05) is 18.2 Å².